The zero-order valence-corrected chi connectivity index (χ0v) is 29.0. The van der Waals surface area contributed by atoms with Gasteiger partial charge in [0.1, 0.15) is 40.6 Å². The van der Waals surface area contributed by atoms with E-state index < -0.39 is 24.6 Å². The van der Waals surface area contributed by atoms with E-state index in [9.17, 15) is 5.26 Å². The van der Waals surface area contributed by atoms with Crippen molar-refractivity contribution in [1.82, 2.24) is 9.21 Å². The van der Waals surface area contributed by atoms with Crippen molar-refractivity contribution < 1.29 is 27.8 Å². The van der Waals surface area contributed by atoms with Gasteiger partial charge in [0.15, 0.2) is 0 Å². The third-order valence-corrected chi connectivity index (χ3v) is 13.6. The Morgan fingerprint density at radius 1 is 0.500 bits per heavy atom. The van der Waals surface area contributed by atoms with Crippen molar-refractivity contribution >= 4 is 24.6 Å². The van der Waals surface area contributed by atoms with Gasteiger partial charge in [-0.15, -0.1) is 4.52 Å². The van der Waals surface area contributed by atoms with E-state index in [1.807, 2.05) is 127 Å². The van der Waals surface area contributed by atoms with E-state index in [-0.39, 0.29) is 11.3 Å². The van der Waals surface area contributed by atoms with Crippen LogP contribution in [0.1, 0.15) is 5.56 Å². The van der Waals surface area contributed by atoms with Gasteiger partial charge in [-0.1, -0.05) is 103 Å². The van der Waals surface area contributed by atoms with Crippen LogP contribution in [0.3, 0.4) is 0 Å². The van der Waals surface area contributed by atoms with Crippen molar-refractivity contribution in [3.8, 4) is 40.6 Å². The molecular formula is C37H29N4O6P3. The monoisotopic (exact) mass is 718 g/mol. The van der Waals surface area contributed by atoms with Gasteiger partial charge in [-0.05, 0) is 72.8 Å². The molecule has 0 spiro atoms. The molecule has 0 saturated carbocycles. The van der Waals surface area contributed by atoms with Crippen molar-refractivity contribution in [2.45, 2.75) is 0 Å². The van der Waals surface area contributed by atoms with E-state index in [4.69, 9.17) is 32.3 Å². The van der Waals surface area contributed by atoms with Crippen LogP contribution in [0.5, 0.6) is 34.5 Å². The van der Waals surface area contributed by atoms with Crippen molar-refractivity contribution in [1.29, 1.82) is 5.26 Å². The first-order valence-corrected chi connectivity index (χ1v) is 19.2. The Labute approximate surface area is 292 Å². The largest absolute Gasteiger partial charge is 0.447 e. The Balaban J connectivity index is 1.49. The van der Waals surface area contributed by atoms with E-state index in [1.54, 1.807) is 53.1 Å². The highest BCUT2D eigenvalue weighted by molar-refractivity contribution is 7.78. The summed E-state index contributed by atoms with van der Waals surface area (Å²) < 4.78 is 35.5. The molecule has 1 heterocycles. The third-order valence-electron chi connectivity index (χ3n) is 6.76. The molecule has 10 nitrogen and oxygen atoms in total. The van der Waals surface area contributed by atoms with Crippen LogP contribution >= 0.6 is 24.6 Å². The average molecular weight is 719 g/mol. The Bertz CT molecular complexity index is 2080. The standard InChI is InChI=1S/C37H29N4O6P3/c38-30-31-18-16-17-29-37(31)47-50(46-36-27-14-5-15-28-36)39-48(44-34-23-10-3-11-24-34)40(42-32-19-6-1-7-20-32)49(45-35-25-12-4-13-26-35)41(50)43-33-21-8-2-9-22-33/h1-29H. The lowest BCUT2D eigenvalue weighted by Crippen LogP contribution is -2.37. The van der Waals surface area contributed by atoms with Crippen molar-refractivity contribution in [3.05, 3.63) is 181 Å². The second-order valence-corrected chi connectivity index (χ2v) is 15.8. The van der Waals surface area contributed by atoms with Gasteiger partial charge in [0.2, 0.25) is 0 Å². The van der Waals surface area contributed by atoms with Crippen LogP contribution in [0.2, 0.25) is 0 Å². The van der Waals surface area contributed by atoms with Gasteiger partial charge >= 0.3 is 24.6 Å². The zero-order valence-electron chi connectivity index (χ0n) is 26.3. The molecule has 1 aliphatic heterocycles. The van der Waals surface area contributed by atoms with Crippen LogP contribution in [0.15, 0.2) is 180 Å². The van der Waals surface area contributed by atoms with Crippen LogP contribution in [-0.2, 0) is 0 Å². The first kappa shape index (κ1) is 33.1. The lowest BCUT2D eigenvalue weighted by atomic mass is 10.2. The van der Waals surface area contributed by atoms with E-state index in [1.165, 1.54) is 4.60 Å². The van der Waals surface area contributed by atoms with E-state index in [0.29, 0.717) is 28.7 Å². The van der Waals surface area contributed by atoms with Gasteiger partial charge in [-0.2, -0.15) is 5.26 Å². The van der Waals surface area contributed by atoms with Crippen LogP contribution in [0, 0.1) is 11.3 Å². The summed E-state index contributed by atoms with van der Waals surface area (Å²) in [7, 11) is -8.24. The maximum absolute atomic E-state index is 10.1. The van der Waals surface area contributed by atoms with Crippen LogP contribution in [-0.4, -0.2) is 9.21 Å². The predicted octanol–water partition coefficient (Wildman–Crippen LogP) is 11.2. The highest BCUT2D eigenvalue weighted by Crippen LogP contribution is 2.77. The number of para-hydroxylation sites is 6. The third kappa shape index (κ3) is 7.91. The molecule has 3 atom stereocenters. The van der Waals surface area contributed by atoms with Gasteiger partial charge in [-0.25, -0.2) is 0 Å². The molecular weight excluding hydrogens is 689 g/mol. The minimum Gasteiger partial charge on any atom is -0.440 e. The van der Waals surface area contributed by atoms with Crippen molar-refractivity contribution in [3.63, 3.8) is 0 Å². The van der Waals surface area contributed by atoms with Crippen LogP contribution < -0.4 is 27.8 Å². The minimum absolute atomic E-state index is 0.242. The summed E-state index contributed by atoms with van der Waals surface area (Å²) >= 11 is 0. The molecule has 7 rings (SSSR count). The topological polar surface area (TPSA) is 98.0 Å². The molecule has 248 valence electrons. The first-order chi connectivity index (χ1) is 24.7. The summed E-state index contributed by atoms with van der Waals surface area (Å²) in [4.78, 5) is 13.3. The van der Waals surface area contributed by atoms with Gasteiger partial charge in [0, 0.05) is 9.21 Å². The molecule has 50 heavy (non-hydrogen) atoms. The Kier molecular flexibility index (Phi) is 10.5. The summed E-state index contributed by atoms with van der Waals surface area (Å²) in [6.07, 6.45) is 0. The lowest BCUT2D eigenvalue weighted by molar-refractivity contribution is 0.0545. The summed E-state index contributed by atoms with van der Waals surface area (Å²) in [5.41, 5.74) is 0.281. The maximum Gasteiger partial charge on any atom is 0.447 e. The number of rotatable bonds is 12. The summed E-state index contributed by atoms with van der Waals surface area (Å²) in [6.45, 7) is 0. The molecule has 6 aromatic carbocycles. The molecule has 0 aromatic heterocycles. The zero-order chi connectivity index (χ0) is 34.0. The first-order valence-electron chi connectivity index (χ1n) is 15.4. The summed E-state index contributed by atoms with van der Waals surface area (Å²) in [5, 5.41) is 10.1. The Morgan fingerprint density at radius 3 is 1.52 bits per heavy atom. The summed E-state index contributed by atoms with van der Waals surface area (Å²) in [6, 6.07) is 55.4. The molecule has 6 aromatic rings. The highest BCUT2D eigenvalue weighted by Gasteiger charge is 2.58. The van der Waals surface area contributed by atoms with Crippen LogP contribution in [0.4, 0.5) is 0 Å². The predicted molar refractivity (Wildman–Crippen MR) is 194 cm³/mol. The number of benzene rings is 6. The molecule has 0 saturated heterocycles. The molecule has 0 amide bonds. The molecule has 1 aliphatic rings. The molecule has 0 aliphatic carbocycles. The van der Waals surface area contributed by atoms with Gasteiger partial charge in [-0.3, -0.25) is 0 Å². The van der Waals surface area contributed by atoms with Crippen LogP contribution in [0.25, 0.3) is 0 Å². The fraction of sp³-hybridized carbons (Fsp3) is 0. The molecule has 0 radical (unpaired) electrons. The number of nitriles is 1. The van der Waals surface area contributed by atoms with E-state index in [0.717, 1.165) is 0 Å². The number of nitrogens with zero attached hydrogens (tertiary/aromatic N) is 4. The fourth-order valence-corrected chi connectivity index (χ4v) is 12.0. The number of hydrogen-bond donors (Lipinski definition) is 0. The van der Waals surface area contributed by atoms with Crippen molar-refractivity contribution in [2.24, 2.45) is 4.52 Å². The van der Waals surface area contributed by atoms with E-state index >= 15 is 0 Å². The normalized spacial score (nSPS) is 18.9. The SMILES string of the molecule is N#Cc1ccccc1OP1(Oc2ccccc2)=NP(Oc2ccccc2)N(Oc2ccccc2)P(Oc2ccccc2)N1Oc1ccccc1. The molecule has 0 bridgehead atoms. The second kappa shape index (κ2) is 15.9. The highest BCUT2D eigenvalue weighted by atomic mass is 31.3. The Hall–Kier alpha value is -5.38. The van der Waals surface area contributed by atoms with Gasteiger partial charge in [0.25, 0.3) is 0 Å². The number of hydrogen-bond acceptors (Lipinski definition) is 10. The van der Waals surface area contributed by atoms with E-state index in [2.05, 4.69) is 6.07 Å². The maximum atomic E-state index is 10.1. The van der Waals surface area contributed by atoms with Gasteiger partial charge in [0.05, 0.1) is 5.56 Å². The smallest absolute Gasteiger partial charge is 0.440 e. The molecule has 3 unspecified atom stereocenters. The molecule has 0 fully saturated rings. The second-order valence-electron chi connectivity index (χ2n) is 10.3. The quantitative estimate of drug-likeness (QED) is 0.115. The lowest BCUT2D eigenvalue weighted by Gasteiger charge is -2.43. The molecule has 13 heteroatoms. The molecule has 0 N–H and O–H groups in total. The van der Waals surface area contributed by atoms with Gasteiger partial charge < -0.3 is 27.8 Å². The fourth-order valence-electron chi connectivity index (χ4n) is 4.49. The minimum atomic E-state index is -3.91. The average Bonchev–Trinajstić information content (AvgIpc) is 3.17. The Morgan fingerprint density at radius 2 is 0.960 bits per heavy atom. The summed E-state index contributed by atoms with van der Waals surface area (Å²) in [5.74, 6) is 2.72. The van der Waals surface area contributed by atoms with Crippen molar-refractivity contribution in [2.75, 3.05) is 0 Å².